The molecule has 0 spiro atoms. The zero-order valence-electron chi connectivity index (χ0n) is 13.9. The van der Waals surface area contributed by atoms with Gasteiger partial charge in [0.2, 0.25) is 0 Å². The molecular weight excluding hydrogens is 260 g/mol. The number of nitrogens with one attached hydrogen (secondary N) is 1. The van der Waals surface area contributed by atoms with Crippen LogP contribution in [0.3, 0.4) is 0 Å². The van der Waals surface area contributed by atoms with Crippen molar-refractivity contribution in [3.05, 3.63) is 29.8 Å². The van der Waals surface area contributed by atoms with E-state index in [2.05, 4.69) is 55.4 Å². The predicted octanol–water partition coefficient (Wildman–Crippen LogP) is 3.61. The second kappa shape index (κ2) is 7.81. The largest absolute Gasteiger partial charge is 0.497 e. The Morgan fingerprint density at radius 2 is 1.95 bits per heavy atom. The number of hydrogen-bond donors (Lipinski definition) is 1. The van der Waals surface area contributed by atoms with E-state index in [4.69, 9.17) is 4.74 Å². The van der Waals surface area contributed by atoms with Crippen molar-refractivity contribution in [3.8, 4) is 5.75 Å². The molecule has 118 valence electrons. The van der Waals surface area contributed by atoms with E-state index in [9.17, 15) is 0 Å². The zero-order chi connectivity index (χ0) is 15.2. The highest BCUT2D eigenvalue weighted by Crippen LogP contribution is 2.30. The van der Waals surface area contributed by atoms with Gasteiger partial charge in [-0.3, -0.25) is 4.90 Å². The van der Waals surface area contributed by atoms with Gasteiger partial charge in [-0.25, -0.2) is 0 Å². The number of methoxy groups -OCH3 is 1. The van der Waals surface area contributed by atoms with Crippen molar-refractivity contribution in [3.63, 3.8) is 0 Å². The molecule has 1 aliphatic carbocycles. The first kappa shape index (κ1) is 16.3. The van der Waals surface area contributed by atoms with Gasteiger partial charge in [0.25, 0.3) is 0 Å². The predicted molar refractivity (Wildman–Crippen MR) is 88.9 cm³/mol. The highest BCUT2D eigenvalue weighted by Gasteiger charge is 2.30. The van der Waals surface area contributed by atoms with Crippen LogP contribution in [0.15, 0.2) is 24.3 Å². The highest BCUT2D eigenvalue weighted by molar-refractivity contribution is 5.30. The monoisotopic (exact) mass is 290 g/mol. The van der Waals surface area contributed by atoms with Gasteiger partial charge in [-0.2, -0.15) is 0 Å². The molecule has 1 N–H and O–H groups in total. The molecule has 1 fully saturated rings. The number of likely N-dealkylation sites (N-methyl/N-ethyl adjacent to an activating group) is 1. The molecule has 2 atom stereocenters. The van der Waals surface area contributed by atoms with Crippen LogP contribution in [0.25, 0.3) is 0 Å². The van der Waals surface area contributed by atoms with Gasteiger partial charge < -0.3 is 10.1 Å². The zero-order valence-corrected chi connectivity index (χ0v) is 13.9. The lowest BCUT2D eigenvalue weighted by atomic mass is 9.89. The minimum atomic E-state index is 0.376. The Hall–Kier alpha value is -1.06. The average molecular weight is 290 g/mol. The Labute approximate surface area is 129 Å². The van der Waals surface area contributed by atoms with Crippen molar-refractivity contribution < 1.29 is 4.74 Å². The van der Waals surface area contributed by atoms with Crippen LogP contribution < -0.4 is 10.1 Å². The van der Waals surface area contributed by atoms with Crippen molar-refractivity contribution in [1.82, 2.24) is 10.2 Å². The minimum absolute atomic E-state index is 0.376. The third kappa shape index (κ3) is 3.98. The van der Waals surface area contributed by atoms with Crippen LogP contribution in [0.1, 0.15) is 51.1 Å². The molecule has 21 heavy (non-hydrogen) atoms. The summed E-state index contributed by atoms with van der Waals surface area (Å²) in [5.74, 6) is 0.924. The van der Waals surface area contributed by atoms with E-state index in [-0.39, 0.29) is 0 Å². The molecule has 0 saturated heterocycles. The van der Waals surface area contributed by atoms with Crippen molar-refractivity contribution >= 4 is 0 Å². The molecule has 0 aliphatic heterocycles. The summed E-state index contributed by atoms with van der Waals surface area (Å²) in [5.41, 5.74) is 1.35. The van der Waals surface area contributed by atoms with E-state index in [0.717, 1.165) is 24.8 Å². The Bertz CT molecular complexity index is 414. The third-order valence-corrected chi connectivity index (χ3v) is 4.86. The van der Waals surface area contributed by atoms with E-state index in [1.807, 2.05) is 0 Å². The van der Waals surface area contributed by atoms with Gasteiger partial charge in [0.15, 0.2) is 0 Å². The summed E-state index contributed by atoms with van der Waals surface area (Å²) in [6.07, 6.45) is 5.25. The first-order valence-electron chi connectivity index (χ1n) is 8.26. The van der Waals surface area contributed by atoms with Crippen molar-refractivity contribution in [1.29, 1.82) is 0 Å². The molecule has 1 aromatic carbocycles. The van der Waals surface area contributed by atoms with E-state index in [1.54, 1.807) is 7.11 Å². The molecule has 0 amide bonds. The first-order chi connectivity index (χ1) is 10.2. The Morgan fingerprint density at radius 1 is 1.29 bits per heavy atom. The maximum absolute atomic E-state index is 5.27. The second-order valence-electron chi connectivity index (χ2n) is 6.20. The van der Waals surface area contributed by atoms with E-state index < -0.39 is 0 Å². The average Bonchev–Trinajstić information content (AvgIpc) is 2.46. The van der Waals surface area contributed by atoms with Crippen molar-refractivity contribution in [2.75, 3.05) is 20.7 Å². The van der Waals surface area contributed by atoms with Crippen LogP contribution in [0.2, 0.25) is 0 Å². The summed E-state index contributed by atoms with van der Waals surface area (Å²) in [4.78, 5) is 2.56. The van der Waals surface area contributed by atoms with E-state index in [1.165, 1.54) is 24.8 Å². The van der Waals surface area contributed by atoms with Crippen LogP contribution in [0.4, 0.5) is 0 Å². The summed E-state index contributed by atoms with van der Waals surface area (Å²) < 4.78 is 5.27. The van der Waals surface area contributed by atoms with Crippen LogP contribution in [0.5, 0.6) is 5.75 Å². The van der Waals surface area contributed by atoms with Crippen molar-refractivity contribution in [2.45, 2.75) is 57.7 Å². The fourth-order valence-corrected chi connectivity index (χ4v) is 3.04. The molecule has 2 rings (SSSR count). The number of nitrogens with zero attached hydrogens (tertiary/aromatic N) is 1. The van der Waals surface area contributed by atoms with E-state index in [0.29, 0.717) is 12.1 Å². The number of hydrogen-bond acceptors (Lipinski definition) is 3. The molecule has 1 aromatic rings. The van der Waals surface area contributed by atoms with Gasteiger partial charge >= 0.3 is 0 Å². The van der Waals surface area contributed by atoms with Gasteiger partial charge in [-0.1, -0.05) is 25.5 Å². The number of rotatable bonds is 8. The lowest BCUT2D eigenvalue weighted by Crippen LogP contribution is -2.48. The molecule has 2 unspecified atom stereocenters. The molecule has 0 radical (unpaired) electrons. The summed E-state index contributed by atoms with van der Waals surface area (Å²) >= 11 is 0. The Morgan fingerprint density at radius 3 is 2.43 bits per heavy atom. The Balaban J connectivity index is 2.11. The molecule has 0 bridgehead atoms. The van der Waals surface area contributed by atoms with Gasteiger partial charge in [0, 0.05) is 18.1 Å². The SMILES string of the molecule is CCCNC(c1ccc(OC)cc1)C(C)N(C)C1CCC1. The Kier molecular flexibility index (Phi) is 6.07. The summed E-state index contributed by atoms with van der Waals surface area (Å²) in [7, 11) is 3.99. The summed E-state index contributed by atoms with van der Waals surface area (Å²) in [6.45, 7) is 5.62. The fraction of sp³-hybridized carbons (Fsp3) is 0.667. The lowest BCUT2D eigenvalue weighted by Gasteiger charge is -2.42. The smallest absolute Gasteiger partial charge is 0.118 e. The van der Waals surface area contributed by atoms with Crippen LogP contribution >= 0.6 is 0 Å². The van der Waals surface area contributed by atoms with Crippen molar-refractivity contribution in [2.24, 2.45) is 0 Å². The third-order valence-electron chi connectivity index (χ3n) is 4.86. The summed E-state index contributed by atoms with van der Waals surface area (Å²) in [5, 5.41) is 3.72. The molecule has 3 nitrogen and oxygen atoms in total. The standard InChI is InChI=1S/C18H30N2O/c1-5-13-19-18(14(2)20(3)16-7-6-8-16)15-9-11-17(21-4)12-10-15/h9-12,14,16,18-19H,5-8,13H2,1-4H3. The van der Waals surface area contributed by atoms with Gasteiger partial charge in [0.05, 0.1) is 7.11 Å². The maximum Gasteiger partial charge on any atom is 0.118 e. The van der Waals surface area contributed by atoms with Gasteiger partial charge in [-0.15, -0.1) is 0 Å². The topological polar surface area (TPSA) is 24.5 Å². The molecule has 0 aromatic heterocycles. The molecular formula is C18H30N2O. The quantitative estimate of drug-likeness (QED) is 0.791. The summed E-state index contributed by atoms with van der Waals surface area (Å²) in [6, 6.07) is 10.1. The van der Waals surface area contributed by atoms with Crippen LogP contribution in [0, 0.1) is 0 Å². The maximum atomic E-state index is 5.27. The molecule has 1 saturated carbocycles. The second-order valence-corrected chi connectivity index (χ2v) is 6.20. The normalized spacial score (nSPS) is 18.3. The van der Waals surface area contributed by atoms with Gasteiger partial charge in [0.1, 0.15) is 5.75 Å². The van der Waals surface area contributed by atoms with Crippen LogP contribution in [-0.2, 0) is 0 Å². The molecule has 1 aliphatic rings. The lowest BCUT2D eigenvalue weighted by molar-refractivity contribution is 0.0959. The highest BCUT2D eigenvalue weighted by atomic mass is 16.5. The van der Waals surface area contributed by atoms with Crippen LogP contribution in [-0.4, -0.2) is 37.7 Å². The van der Waals surface area contributed by atoms with Gasteiger partial charge in [-0.05, 0) is 57.5 Å². The number of benzene rings is 1. The molecule has 3 heteroatoms. The minimum Gasteiger partial charge on any atom is -0.497 e. The van der Waals surface area contributed by atoms with E-state index >= 15 is 0 Å². The fourth-order valence-electron chi connectivity index (χ4n) is 3.04. The number of ether oxygens (including phenoxy) is 1. The molecule has 0 heterocycles. The first-order valence-corrected chi connectivity index (χ1v) is 8.26.